The van der Waals surface area contributed by atoms with Crippen LogP contribution in [0.3, 0.4) is 0 Å². The molecule has 1 N–H and O–H groups in total. The standard InChI is InChI=1S/C23H31N3O3S2/c1-4-20(17-25(3)16-19-9-6-5-7-10-19)24-31(28,29)21-11-12-23-22(15-21)26(18(2)27)13-8-14-30-23/h5-7,9-12,15,20,24H,4,8,13-14,16-17H2,1-3H3/t20-/m1/s1. The van der Waals surface area contributed by atoms with Crippen molar-refractivity contribution in [1.29, 1.82) is 0 Å². The highest BCUT2D eigenvalue weighted by molar-refractivity contribution is 7.99. The molecule has 3 rings (SSSR count). The molecule has 0 radical (unpaired) electrons. The molecule has 6 nitrogen and oxygen atoms in total. The number of anilines is 1. The first-order valence-corrected chi connectivity index (χ1v) is 13.1. The van der Waals surface area contributed by atoms with Gasteiger partial charge in [-0.3, -0.25) is 4.79 Å². The highest BCUT2D eigenvalue weighted by Crippen LogP contribution is 2.35. The summed E-state index contributed by atoms with van der Waals surface area (Å²) >= 11 is 1.66. The Labute approximate surface area is 190 Å². The number of sulfonamides is 1. The molecule has 0 bridgehead atoms. The predicted molar refractivity (Wildman–Crippen MR) is 127 cm³/mol. The lowest BCUT2D eigenvalue weighted by Crippen LogP contribution is -2.42. The van der Waals surface area contributed by atoms with Crippen LogP contribution in [-0.2, 0) is 21.4 Å². The molecule has 2 aromatic carbocycles. The maximum Gasteiger partial charge on any atom is 0.240 e. The number of hydrogen-bond donors (Lipinski definition) is 1. The van der Waals surface area contributed by atoms with Crippen LogP contribution >= 0.6 is 11.8 Å². The van der Waals surface area contributed by atoms with Crippen molar-refractivity contribution in [3.8, 4) is 0 Å². The minimum absolute atomic E-state index is 0.0692. The van der Waals surface area contributed by atoms with E-state index in [9.17, 15) is 13.2 Å². The normalized spacial score (nSPS) is 15.4. The zero-order chi connectivity index (χ0) is 22.4. The Hall–Kier alpha value is -1.87. The van der Waals surface area contributed by atoms with Gasteiger partial charge in [-0.15, -0.1) is 11.8 Å². The lowest BCUT2D eigenvalue weighted by Gasteiger charge is -2.25. The van der Waals surface area contributed by atoms with Crippen molar-refractivity contribution in [2.75, 3.05) is 30.8 Å². The molecule has 1 amide bonds. The van der Waals surface area contributed by atoms with E-state index in [1.165, 1.54) is 12.5 Å². The van der Waals surface area contributed by atoms with E-state index in [0.717, 1.165) is 23.6 Å². The Morgan fingerprint density at radius 3 is 2.65 bits per heavy atom. The van der Waals surface area contributed by atoms with Crippen molar-refractivity contribution in [3.05, 3.63) is 54.1 Å². The van der Waals surface area contributed by atoms with E-state index in [-0.39, 0.29) is 16.8 Å². The Bertz CT molecular complexity index is 996. The molecular weight excluding hydrogens is 430 g/mol. The molecule has 8 heteroatoms. The van der Waals surface area contributed by atoms with Crippen molar-refractivity contribution < 1.29 is 13.2 Å². The second kappa shape index (κ2) is 10.6. The summed E-state index contributed by atoms with van der Waals surface area (Å²) in [6.45, 7) is 5.46. The Morgan fingerprint density at radius 1 is 1.23 bits per heavy atom. The van der Waals surface area contributed by atoms with Crippen LogP contribution in [0.5, 0.6) is 0 Å². The number of likely N-dealkylation sites (N-methyl/N-ethyl adjacent to an activating group) is 1. The fraction of sp³-hybridized carbons (Fsp3) is 0.435. The topological polar surface area (TPSA) is 69.7 Å². The van der Waals surface area contributed by atoms with E-state index in [0.29, 0.717) is 25.2 Å². The average molecular weight is 462 g/mol. The van der Waals surface area contributed by atoms with Gasteiger partial charge in [0.1, 0.15) is 0 Å². The molecule has 1 aliphatic rings. The fourth-order valence-electron chi connectivity index (χ4n) is 3.72. The summed E-state index contributed by atoms with van der Waals surface area (Å²) < 4.78 is 29.2. The molecule has 31 heavy (non-hydrogen) atoms. The maximum atomic E-state index is 13.1. The Kier molecular flexibility index (Phi) is 8.16. The Morgan fingerprint density at radius 2 is 1.97 bits per heavy atom. The third-order valence-corrected chi connectivity index (χ3v) is 8.00. The van der Waals surface area contributed by atoms with Crippen molar-refractivity contribution >= 4 is 33.4 Å². The average Bonchev–Trinajstić information content (AvgIpc) is 2.95. The number of carbonyl (C=O) groups excluding carboxylic acids is 1. The van der Waals surface area contributed by atoms with E-state index in [1.807, 2.05) is 38.2 Å². The zero-order valence-electron chi connectivity index (χ0n) is 18.4. The van der Waals surface area contributed by atoms with Crippen LogP contribution in [-0.4, -0.2) is 51.2 Å². The van der Waals surface area contributed by atoms with Gasteiger partial charge < -0.3 is 9.80 Å². The third kappa shape index (κ3) is 6.32. The minimum Gasteiger partial charge on any atom is -0.311 e. The molecule has 0 aliphatic carbocycles. The molecule has 0 aromatic heterocycles. The van der Waals surface area contributed by atoms with E-state index in [4.69, 9.17) is 0 Å². The number of thioether (sulfide) groups is 1. The number of rotatable bonds is 8. The summed E-state index contributed by atoms with van der Waals surface area (Å²) in [5.74, 6) is 0.840. The summed E-state index contributed by atoms with van der Waals surface area (Å²) in [4.78, 5) is 17.1. The summed E-state index contributed by atoms with van der Waals surface area (Å²) in [6, 6.07) is 15.0. The number of hydrogen-bond acceptors (Lipinski definition) is 5. The number of fused-ring (bicyclic) bond motifs is 1. The van der Waals surface area contributed by atoms with Crippen molar-refractivity contribution in [2.24, 2.45) is 0 Å². The zero-order valence-corrected chi connectivity index (χ0v) is 20.0. The summed E-state index contributed by atoms with van der Waals surface area (Å²) in [5, 5.41) is 0. The molecule has 0 saturated carbocycles. The SMILES string of the molecule is CC[C@H](CN(C)Cc1ccccc1)NS(=O)(=O)c1ccc2c(c1)N(C(C)=O)CCCS2. The van der Waals surface area contributed by atoms with Gasteiger partial charge >= 0.3 is 0 Å². The molecular formula is C23H31N3O3S2. The highest BCUT2D eigenvalue weighted by atomic mass is 32.2. The van der Waals surface area contributed by atoms with Crippen LogP contribution in [0, 0.1) is 0 Å². The van der Waals surface area contributed by atoms with E-state index < -0.39 is 10.0 Å². The quantitative estimate of drug-likeness (QED) is 0.649. The molecule has 2 aromatic rings. The van der Waals surface area contributed by atoms with Crippen molar-refractivity contribution in [1.82, 2.24) is 9.62 Å². The molecule has 0 spiro atoms. The molecule has 1 heterocycles. The molecule has 168 valence electrons. The van der Waals surface area contributed by atoms with Gasteiger partial charge in [0.25, 0.3) is 0 Å². The van der Waals surface area contributed by atoms with Gasteiger partial charge in [-0.2, -0.15) is 0 Å². The first kappa shape index (κ1) is 23.8. The smallest absolute Gasteiger partial charge is 0.240 e. The number of amides is 1. The largest absolute Gasteiger partial charge is 0.311 e. The van der Waals surface area contributed by atoms with Crippen molar-refractivity contribution in [3.63, 3.8) is 0 Å². The second-order valence-electron chi connectivity index (χ2n) is 7.91. The highest BCUT2D eigenvalue weighted by Gasteiger charge is 2.25. The molecule has 1 aliphatic heterocycles. The van der Waals surface area contributed by atoms with Crippen LogP contribution in [0.25, 0.3) is 0 Å². The lowest BCUT2D eigenvalue weighted by atomic mass is 10.2. The molecule has 0 saturated heterocycles. The van der Waals surface area contributed by atoms with Crippen LogP contribution in [0.15, 0.2) is 58.3 Å². The molecule has 0 fully saturated rings. The number of benzene rings is 2. The second-order valence-corrected chi connectivity index (χ2v) is 10.8. The van der Waals surface area contributed by atoms with Gasteiger partial charge in [0, 0.05) is 37.5 Å². The predicted octanol–water partition coefficient (Wildman–Crippen LogP) is 3.72. The van der Waals surface area contributed by atoms with Crippen molar-refractivity contribution in [2.45, 2.75) is 49.1 Å². The Balaban J connectivity index is 1.75. The monoisotopic (exact) mass is 461 g/mol. The number of nitrogens with one attached hydrogen (secondary N) is 1. The lowest BCUT2D eigenvalue weighted by molar-refractivity contribution is -0.116. The summed E-state index contributed by atoms with van der Waals surface area (Å²) in [6.07, 6.45) is 1.56. The van der Waals surface area contributed by atoms with Crippen LogP contribution in [0.4, 0.5) is 5.69 Å². The van der Waals surface area contributed by atoms with Gasteiger partial charge in [0.2, 0.25) is 15.9 Å². The van der Waals surface area contributed by atoms with Gasteiger partial charge in [-0.05, 0) is 49.4 Å². The minimum atomic E-state index is -3.71. The van der Waals surface area contributed by atoms with Gasteiger partial charge in [-0.1, -0.05) is 37.3 Å². The van der Waals surface area contributed by atoms with Crippen LogP contribution in [0.1, 0.15) is 32.3 Å². The van der Waals surface area contributed by atoms with Gasteiger partial charge in [0.05, 0.1) is 10.6 Å². The number of nitrogens with zero attached hydrogens (tertiary/aromatic N) is 2. The van der Waals surface area contributed by atoms with Gasteiger partial charge in [0.15, 0.2) is 0 Å². The maximum absolute atomic E-state index is 13.1. The van der Waals surface area contributed by atoms with E-state index >= 15 is 0 Å². The summed E-state index contributed by atoms with van der Waals surface area (Å²) in [5.41, 5.74) is 1.88. The summed E-state index contributed by atoms with van der Waals surface area (Å²) in [7, 11) is -1.71. The third-order valence-electron chi connectivity index (χ3n) is 5.34. The van der Waals surface area contributed by atoms with Gasteiger partial charge in [-0.25, -0.2) is 13.1 Å². The number of carbonyl (C=O) groups is 1. The molecule has 0 unspecified atom stereocenters. The first-order valence-electron chi connectivity index (χ1n) is 10.6. The van der Waals surface area contributed by atoms with Crippen LogP contribution in [0.2, 0.25) is 0 Å². The molecule has 1 atom stereocenters. The fourth-order valence-corrected chi connectivity index (χ4v) is 6.03. The van der Waals surface area contributed by atoms with Crippen LogP contribution < -0.4 is 9.62 Å². The van der Waals surface area contributed by atoms with E-state index in [1.54, 1.807) is 28.8 Å². The van der Waals surface area contributed by atoms with E-state index in [2.05, 4.69) is 21.8 Å². The first-order chi connectivity index (χ1) is 14.8.